The molecule has 5 nitrogen and oxygen atoms in total. The van der Waals surface area contributed by atoms with Crippen molar-refractivity contribution >= 4 is 56.3 Å². The van der Waals surface area contributed by atoms with Gasteiger partial charge in [-0.2, -0.15) is 0 Å². The molecule has 0 saturated carbocycles. The minimum atomic E-state index is -0.531. The summed E-state index contributed by atoms with van der Waals surface area (Å²) in [6, 6.07) is 7.68. The number of hydrogen-bond acceptors (Lipinski definition) is 4. The number of nitrogens with zero attached hydrogens (tertiary/aromatic N) is 2. The third-order valence-electron chi connectivity index (χ3n) is 2.22. The van der Waals surface area contributed by atoms with Gasteiger partial charge < -0.3 is 5.32 Å². The van der Waals surface area contributed by atoms with Gasteiger partial charge in [0.05, 0.1) is 9.95 Å². The lowest BCUT2D eigenvalue weighted by atomic mass is 10.3. The van der Waals surface area contributed by atoms with E-state index in [-0.39, 0.29) is 16.7 Å². The lowest BCUT2D eigenvalue weighted by Gasteiger charge is -2.07. The summed E-state index contributed by atoms with van der Waals surface area (Å²) < 4.78 is 0.670. The number of aromatic nitrogens is 1. The molecule has 0 unspecified atom stereocenters. The van der Waals surface area contributed by atoms with Crippen LogP contribution < -0.4 is 5.32 Å². The molecular formula is C11H6BrCl2N3O2. The Balaban J connectivity index is 2.39. The van der Waals surface area contributed by atoms with Crippen LogP contribution in [0, 0.1) is 10.1 Å². The van der Waals surface area contributed by atoms with E-state index in [1.165, 1.54) is 12.1 Å². The van der Waals surface area contributed by atoms with E-state index in [0.717, 1.165) is 0 Å². The van der Waals surface area contributed by atoms with E-state index in [4.69, 9.17) is 23.2 Å². The van der Waals surface area contributed by atoms with Crippen molar-refractivity contribution < 1.29 is 4.92 Å². The third-order valence-corrected chi connectivity index (χ3v) is 3.64. The van der Waals surface area contributed by atoms with Crippen molar-refractivity contribution in [3.05, 3.63) is 55.1 Å². The largest absolute Gasteiger partial charge is 0.334 e. The van der Waals surface area contributed by atoms with Crippen molar-refractivity contribution in [3.8, 4) is 0 Å². The molecule has 0 saturated heterocycles. The Morgan fingerprint density at radius 2 is 2.00 bits per heavy atom. The molecule has 2 aromatic rings. The van der Waals surface area contributed by atoms with Crippen molar-refractivity contribution in [3.63, 3.8) is 0 Å². The molecular weight excluding hydrogens is 357 g/mol. The third kappa shape index (κ3) is 3.34. The number of benzene rings is 1. The van der Waals surface area contributed by atoms with Crippen molar-refractivity contribution in [2.45, 2.75) is 0 Å². The van der Waals surface area contributed by atoms with E-state index in [2.05, 4.69) is 26.2 Å². The molecule has 1 N–H and O–H groups in total. The second kappa shape index (κ2) is 5.73. The van der Waals surface area contributed by atoms with Crippen molar-refractivity contribution in [2.75, 3.05) is 5.32 Å². The molecule has 8 heteroatoms. The first-order valence-corrected chi connectivity index (χ1v) is 6.55. The standard InChI is InChI=1S/C11H6BrCl2N3O2/c12-7-5-6(1-2-8(7)13)15-11-9(17(18)19)3-4-10(14)16-11/h1-5H,(H,15,16). The number of anilines is 2. The van der Waals surface area contributed by atoms with Crippen LogP contribution in [0.5, 0.6) is 0 Å². The fourth-order valence-corrected chi connectivity index (χ4v) is 2.02. The maximum Gasteiger partial charge on any atom is 0.311 e. The summed E-state index contributed by atoms with van der Waals surface area (Å²) in [4.78, 5) is 14.3. The first-order valence-electron chi connectivity index (χ1n) is 5.00. The normalized spacial score (nSPS) is 10.3. The average molecular weight is 363 g/mol. The van der Waals surface area contributed by atoms with E-state index >= 15 is 0 Å². The average Bonchev–Trinajstić information content (AvgIpc) is 2.33. The van der Waals surface area contributed by atoms with Crippen LogP contribution in [-0.2, 0) is 0 Å². The van der Waals surface area contributed by atoms with Crippen LogP contribution in [0.1, 0.15) is 0 Å². The smallest absolute Gasteiger partial charge is 0.311 e. The van der Waals surface area contributed by atoms with Gasteiger partial charge in [0.1, 0.15) is 5.15 Å². The van der Waals surface area contributed by atoms with Crippen molar-refractivity contribution in [1.82, 2.24) is 4.98 Å². The van der Waals surface area contributed by atoms with Crippen molar-refractivity contribution in [2.24, 2.45) is 0 Å². The molecule has 1 heterocycles. The topological polar surface area (TPSA) is 68.1 Å². The molecule has 19 heavy (non-hydrogen) atoms. The highest BCUT2D eigenvalue weighted by atomic mass is 79.9. The summed E-state index contributed by atoms with van der Waals surface area (Å²) >= 11 is 14.9. The zero-order valence-electron chi connectivity index (χ0n) is 9.23. The van der Waals surface area contributed by atoms with E-state index in [9.17, 15) is 10.1 Å². The molecule has 98 valence electrons. The molecule has 2 rings (SSSR count). The molecule has 0 aliphatic carbocycles. The van der Waals surface area contributed by atoms with Crippen LogP contribution in [0.25, 0.3) is 0 Å². The number of nitrogens with one attached hydrogen (secondary N) is 1. The van der Waals surface area contributed by atoms with Gasteiger partial charge in [-0.15, -0.1) is 0 Å². The first-order chi connectivity index (χ1) is 8.97. The Bertz CT molecular complexity index is 652. The number of halogens is 3. The molecule has 0 atom stereocenters. The summed E-state index contributed by atoms with van der Waals surface area (Å²) in [5.41, 5.74) is 0.449. The summed E-state index contributed by atoms with van der Waals surface area (Å²) in [6.07, 6.45) is 0. The molecule has 0 amide bonds. The Labute approximate surface area is 126 Å². The second-order valence-corrected chi connectivity index (χ2v) is 5.16. The maximum atomic E-state index is 10.9. The first kappa shape index (κ1) is 14.0. The Kier molecular flexibility index (Phi) is 4.24. The van der Waals surface area contributed by atoms with E-state index in [0.29, 0.717) is 15.2 Å². The van der Waals surface area contributed by atoms with Gasteiger partial charge >= 0.3 is 5.69 Å². The lowest BCUT2D eigenvalue weighted by Crippen LogP contribution is -1.99. The van der Waals surface area contributed by atoms with Crippen LogP contribution in [0.4, 0.5) is 17.2 Å². The van der Waals surface area contributed by atoms with Gasteiger partial charge in [0.25, 0.3) is 0 Å². The fraction of sp³-hybridized carbons (Fsp3) is 0. The quantitative estimate of drug-likeness (QED) is 0.483. The molecule has 0 aliphatic heterocycles. The van der Waals surface area contributed by atoms with Crippen LogP contribution in [0.2, 0.25) is 10.2 Å². The molecule has 0 spiro atoms. The molecule has 0 aliphatic rings. The maximum absolute atomic E-state index is 10.9. The zero-order chi connectivity index (χ0) is 14.0. The van der Waals surface area contributed by atoms with Gasteiger partial charge in [-0.1, -0.05) is 23.2 Å². The predicted molar refractivity (Wildman–Crippen MR) is 78.3 cm³/mol. The van der Waals surface area contributed by atoms with E-state index < -0.39 is 4.92 Å². The molecule has 1 aromatic heterocycles. The number of pyridine rings is 1. The Hall–Kier alpha value is -1.37. The zero-order valence-corrected chi connectivity index (χ0v) is 12.3. The summed E-state index contributed by atoms with van der Waals surface area (Å²) in [6.45, 7) is 0. The van der Waals surface area contributed by atoms with Gasteiger partial charge in [0.15, 0.2) is 0 Å². The lowest BCUT2D eigenvalue weighted by molar-refractivity contribution is -0.384. The van der Waals surface area contributed by atoms with Crippen molar-refractivity contribution in [1.29, 1.82) is 0 Å². The van der Waals surface area contributed by atoms with Gasteiger partial charge in [-0.05, 0) is 40.2 Å². The minimum Gasteiger partial charge on any atom is -0.334 e. The monoisotopic (exact) mass is 361 g/mol. The van der Waals surface area contributed by atoms with Gasteiger partial charge in [-0.25, -0.2) is 4.98 Å². The van der Waals surface area contributed by atoms with E-state index in [1.54, 1.807) is 18.2 Å². The highest BCUT2D eigenvalue weighted by Crippen LogP contribution is 2.30. The Morgan fingerprint density at radius 3 is 2.63 bits per heavy atom. The second-order valence-electron chi connectivity index (χ2n) is 3.51. The molecule has 1 aromatic carbocycles. The van der Waals surface area contributed by atoms with Gasteiger partial charge in [0.2, 0.25) is 5.82 Å². The van der Waals surface area contributed by atoms with E-state index in [1.807, 2.05) is 0 Å². The number of hydrogen-bond donors (Lipinski definition) is 1. The highest BCUT2D eigenvalue weighted by Gasteiger charge is 2.16. The molecule has 0 fully saturated rings. The number of rotatable bonds is 3. The molecule has 0 radical (unpaired) electrons. The summed E-state index contributed by atoms with van der Waals surface area (Å²) in [5, 5.41) is 14.4. The van der Waals surface area contributed by atoms with Gasteiger partial charge in [-0.3, -0.25) is 10.1 Å². The van der Waals surface area contributed by atoms with Crippen LogP contribution >= 0.6 is 39.1 Å². The number of nitro groups is 1. The van der Waals surface area contributed by atoms with Gasteiger partial charge in [0, 0.05) is 16.2 Å². The highest BCUT2D eigenvalue weighted by molar-refractivity contribution is 9.10. The predicted octanol–water partition coefficient (Wildman–Crippen LogP) is 4.80. The van der Waals surface area contributed by atoms with Crippen LogP contribution in [0.3, 0.4) is 0 Å². The van der Waals surface area contributed by atoms with Crippen LogP contribution in [-0.4, -0.2) is 9.91 Å². The summed E-state index contributed by atoms with van der Waals surface area (Å²) in [7, 11) is 0. The minimum absolute atomic E-state index is 0.0757. The SMILES string of the molecule is O=[N+]([O-])c1ccc(Cl)nc1Nc1ccc(Cl)c(Br)c1. The fourth-order valence-electron chi connectivity index (χ4n) is 1.38. The summed E-state index contributed by atoms with van der Waals surface area (Å²) in [5.74, 6) is 0.0757. The Morgan fingerprint density at radius 1 is 1.26 bits per heavy atom. The molecule has 0 bridgehead atoms. The van der Waals surface area contributed by atoms with Crippen LogP contribution in [0.15, 0.2) is 34.8 Å².